The highest BCUT2D eigenvalue weighted by molar-refractivity contribution is 5.94. The maximum Gasteiger partial charge on any atom is 0.312 e. The van der Waals surface area contributed by atoms with E-state index in [1.807, 2.05) is 0 Å². The fraction of sp³-hybridized carbons (Fsp3) is 0.286. The number of carbonyl (C=O) groups is 2. The van der Waals surface area contributed by atoms with Gasteiger partial charge in [-0.2, -0.15) is 0 Å². The van der Waals surface area contributed by atoms with Crippen molar-refractivity contribution < 1.29 is 19.1 Å². The number of benzene rings is 1. The molecule has 0 bridgehead atoms. The van der Waals surface area contributed by atoms with Crippen LogP contribution >= 0.6 is 0 Å². The summed E-state index contributed by atoms with van der Waals surface area (Å²) in [5.41, 5.74) is 5.18. The monoisotopic (exact) mass is 293 g/mol. The Kier molecular flexibility index (Phi) is 6.71. The average molecular weight is 293 g/mol. The predicted molar refractivity (Wildman–Crippen MR) is 74.9 cm³/mol. The highest BCUT2D eigenvalue weighted by Gasteiger charge is 2.08. The molecule has 6 nitrogen and oxygen atoms in total. The van der Waals surface area contributed by atoms with Gasteiger partial charge in [-0.25, -0.2) is 9.18 Å². The molecule has 0 saturated carbocycles. The first-order valence-corrected chi connectivity index (χ1v) is 6.25. The molecule has 21 heavy (non-hydrogen) atoms. The molecule has 0 aliphatic rings. The molecule has 0 fully saturated rings. The molecule has 112 valence electrons. The summed E-state index contributed by atoms with van der Waals surface area (Å²) in [7, 11) is 0. The minimum Gasteiger partial charge on any atom is -0.395 e. The first kappa shape index (κ1) is 16.5. The van der Waals surface area contributed by atoms with Crippen molar-refractivity contribution in [3.8, 4) is 11.8 Å². The number of hydrogen-bond donors (Lipinski definition) is 4. The number of nitrogens with one attached hydrogen (secondary N) is 2. The third-order valence-corrected chi connectivity index (χ3v) is 2.40. The fourth-order valence-electron chi connectivity index (χ4n) is 1.44. The molecule has 0 unspecified atom stereocenters. The molecule has 0 aliphatic carbocycles. The van der Waals surface area contributed by atoms with Crippen LogP contribution in [0.2, 0.25) is 0 Å². The van der Waals surface area contributed by atoms with E-state index in [1.54, 1.807) is 0 Å². The number of hydrogen-bond acceptors (Lipinski definition) is 3. The lowest BCUT2D eigenvalue weighted by molar-refractivity contribution is 0.0953. The van der Waals surface area contributed by atoms with Crippen LogP contribution in [-0.2, 0) is 0 Å². The van der Waals surface area contributed by atoms with Crippen molar-refractivity contribution in [2.24, 2.45) is 5.73 Å². The van der Waals surface area contributed by atoms with Gasteiger partial charge < -0.3 is 21.5 Å². The number of nitrogens with two attached hydrogens (primary N) is 1. The minimum absolute atomic E-state index is 0.0888. The molecule has 0 aromatic heterocycles. The minimum atomic E-state index is -0.680. The van der Waals surface area contributed by atoms with E-state index in [1.165, 1.54) is 12.1 Å². The largest absolute Gasteiger partial charge is 0.395 e. The highest BCUT2D eigenvalue weighted by Crippen LogP contribution is 2.09. The maximum absolute atomic E-state index is 13.7. The van der Waals surface area contributed by atoms with E-state index < -0.39 is 17.8 Å². The Labute approximate surface area is 121 Å². The molecule has 0 atom stereocenters. The smallest absolute Gasteiger partial charge is 0.312 e. The van der Waals surface area contributed by atoms with Gasteiger partial charge in [-0.1, -0.05) is 11.8 Å². The molecule has 0 heterocycles. The van der Waals surface area contributed by atoms with Crippen LogP contribution in [0.15, 0.2) is 18.2 Å². The van der Waals surface area contributed by atoms with Gasteiger partial charge in [-0.3, -0.25) is 4.79 Å². The summed E-state index contributed by atoms with van der Waals surface area (Å²) < 4.78 is 13.7. The SMILES string of the molecule is NC(=O)NCCNC(=O)c1ccc(C#CCCO)c(F)c1. The second-order valence-electron chi connectivity index (χ2n) is 4.02. The molecular formula is C14H16FN3O3. The Bertz CT molecular complexity index is 579. The lowest BCUT2D eigenvalue weighted by Gasteiger charge is -2.06. The summed E-state index contributed by atoms with van der Waals surface area (Å²) in [4.78, 5) is 22.1. The van der Waals surface area contributed by atoms with Crippen LogP contribution < -0.4 is 16.4 Å². The predicted octanol–water partition coefficient (Wildman–Crippen LogP) is -0.0423. The van der Waals surface area contributed by atoms with E-state index in [2.05, 4.69) is 22.5 Å². The van der Waals surface area contributed by atoms with Crippen molar-refractivity contribution >= 4 is 11.9 Å². The Morgan fingerprint density at radius 1 is 1.29 bits per heavy atom. The van der Waals surface area contributed by atoms with Gasteiger partial charge in [0.25, 0.3) is 5.91 Å². The lowest BCUT2D eigenvalue weighted by atomic mass is 10.1. The molecule has 3 amide bonds. The average Bonchev–Trinajstić information content (AvgIpc) is 2.45. The zero-order valence-electron chi connectivity index (χ0n) is 11.3. The summed E-state index contributed by atoms with van der Waals surface area (Å²) in [6.07, 6.45) is 0.258. The van der Waals surface area contributed by atoms with Crippen LogP contribution in [0.5, 0.6) is 0 Å². The molecule has 0 saturated heterocycles. The van der Waals surface area contributed by atoms with E-state index in [0.717, 1.165) is 6.07 Å². The molecule has 0 spiro atoms. The Balaban J connectivity index is 2.60. The summed E-state index contributed by atoms with van der Waals surface area (Å²) in [6.45, 7) is 0.282. The summed E-state index contributed by atoms with van der Waals surface area (Å²) in [6, 6.07) is 3.25. The summed E-state index contributed by atoms with van der Waals surface area (Å²) >= 11 is 0. The van der Waals surface area contributed by atoms with Gasteiger partial charge in [-0.15, -0.1) is 0 Å². The third-order valence-electron chi connectivity index (χ3n) is 2.40. The number of aliphatic hydroxyl groups excluding tert-OH is 1. The zero-order chi connectivity index (χ0) is 15.7. The number of urea groups is 1. The Hall–Kier alpha value is -2.59. The number of rotatable bonds is 5. The van der Waals surface area contributed by atoms with Crippen molar-refractivity contribution in [3.05, 3.63) is 35.1 Å². The molecule has 0 radical (unpaired) electrons. The molecular weight excluding hydrogens is 277 g/mol. The fourth-order valence-corrected chi connectivity index (χ4v) is 1.44. The first-order chi connectivity index (χ1) is 10.0. The van der Waals surface area contributed by atoms with Crippen LogP contribution in [-0.4, -0.2) is 36.7 Å². The van der Waals surface area contributed by atoms with Crippen LogP contribution in [0.1, 0.15) is 22.3 Å². The van der Waals surface area contributed by atoms with Gasteiger partial charge in [0.2, 0.25) is 0 Å². The van der Waals surface area contributed by atoms with Crippen LogP contribution in [0.4, 0.5) is 9.18 Å². The molecule has 1 aromatic rings. The van der Waals surface area contributed by atoms with Gasteiger partial charge >= 0.3 is 6.03 Å². The Morgan fingerprint density at radius 2 is 2.00 bits per heavy atom. The van der Waals surface area contributed by atoms with Crippen LogP contribution in [0.3, 0.4) is 0 Å². The van der Waals surface area contributed by atoms with Crippen molar-refractivity contribution in [1.29, 1.82) is 0 Å². The van der Waals surface area contributed by atoms with E-state index >= 15 is 0 Å². The first-order valence-electron chi connectivity index (χ1n) is 6.25. The van der Waals surface area contributed by atoms with E-state index in [4.69, 9.17) is 10.8 Å². The Morgan fingerprint density at radius 3 is 2.62 bits per heavy atom. The highest BCUT2D eigenvalue weighted by atomic mass is 19.1. The van der Waals surface area contributed by atoms with Crippen molar-refractivity contribution in [3.63, 3.8) is 0 Å². The van der Waals surface area contributed by atoms with E-state index in [9.17, 15) is 14.0 Å². The number of aliphatic hydroxyl groups is 1. The van der Waals surface area contributed by atoms with Crippen molar-refractivity contribution in [2.45, 2.75) is 6.42 Å². The van der Waals surface area contributed by atoms with Gasteiger partial charge in [0.15, 0.2) is 0 Å². The third kappa shape index (κ3) is 5.93. The molecule has 7 heteroatoms. The maximum atomic E-state index is 13.7. The number of halogens is 1. The normalized spacial score (nSPS) is 9.43. The van der Waals surface area contributed by atoms with Gasteiger partial charge in [-0.05, 0) is 18.2 Å². The van der Waals surface area contributed by atoms with Gasteiger partial charge in [0.1, 0.15) is 5.82 Å². The number of amides is 3. The van der Waals surface area contributed by atoms with Gasteiger partial charge in [0.05, 0.1) is 12.2 Å². The summed E-state index contributed by atoms with van der Waals surface area (Å²) in [5.74, 6) is 4.10. The van der Waals surface area contributed by atoms with Crippen molar-refractivity contribution in [2.75, 3.05) is 19.7 Å². The molecule has 5 N–H and O–H groups in total. The van der Waals surface area contributed by atoms with Crippen LogP contribution in [0.25, 0.3) is 0 Å². The van der Waals surface area contributed by atoms with Crippen LogP contribution in [0, 0.1) is 17.7 Å². The molecule has 1 aromatic carbocycles. The van der Waals surface area contributed by atoms with E-state index in [-0.39, 0.29) is 37.2 Å². The molecule has 0 aliphatic heterocycles. The topological polar surface area (TPSA) is 104 Å². The van der Waals surface area contributed by atoms with E-state index in [0.29, 0.717) is 0 Å². The van der Waals surface area contributed by atoms with Gasteiger partial charge in [0, 0.05) is 25.1 Å². The quantitative estimate of drug-likeness (QED) is 0.452. The second-order valence-corrected chi connectivity index (χ2v) is 4.02. The second kappa shape index (κ2) is 8.55. The number of primary amides is 1. The van der Waals surface area contributed by atoms with Crippen molar-refractivity contribution in [1.82, 2.24) is 10.6 Å². The zero-order valence-corrected chi connectivity index (χ0v) is 11.3. The summed E-state index contributed by atoms with van der Waals surface area (Å²) in [5, 5.41) is 13.4. The number of carbonyl (C=O) groups excluding carboxylic acids is 2. The lowest BCUT2D eigenvalue weighted by Crippen LogP contribution is -2.37. The standard InChI is InChI=1S/C14H16FN3O3/c15-12-9-11(5-4-10(12)3-1-2-8-19)13(20)17-6-7-18-14(16)21/h4-5,9,19H,2,6-8H2,(H,17,20)(H3,16,18,21). The molecule has 1 rings (SSSR count).